The van der Waals surface area contributed by atoms with Gasteiger partial charge in [-0.05, 0) is 26.1 Å². The molecule has 1 aliphatic rings. The smallest absolute Gasteiger partial charge is 0.147 e. The van der Waals surface area contributed by atoms with Crippen LogP contribution in [-0.2, 0) is 13.1 Å². The zero-order valence-electron chi connectivity index (χ0n) is 9.32. The molecular formula is C10H19N5. The van der Waals surface area contributed by atoms with Crippen LogP contribution in [-0.4, -0.2) is 45.8 Å². The van der Waals surface area contributed by atoms with Crippen molar-refractivity contribution in [3.05, 3.63) is 12.2 Å². The molecule has 0 aliphatic carbocycles. The number of aromatic nitrogens is 3. The molecule has 0 amide bonds. The Balaban J connectivity index is 1.73. The summed E-state index contributed by atoms with van der Waals surface area (Å²) in [5.74, 6) is 1.10. The molecule has 0 saturated carbocycles. The predicted molar refractivity (Wildman–Crippen MR) is 58.5 cm³/mol. The fraction of sp³-hybridized carbons (Fsp3) is 0.800. The van der Waals surface area contributed by atoms with Gasteiger partial charge < -0.3 is 9.88 Å². The van der Waals surface area contributed by atoms with Crippen molar-refractivity contribution in [3.8, 4) is 0 Å². The van der Waals surface area contributed by atoms with E-state index >= 15 is 0 Å². The molecule has 0 radical (unpaired) electrons. The Hall–Kier alpha value is -0.940. The molecule has 5 heteroatoms. The molecule has 5 nitrogen and oxygen atoms in total. The molecule has 2 heterocycles. The van der Waals surface area contributed by atoms with Crippen LogP contribution in [0.4, 0.5) is 0 Å². The van der Waals surface area contributed by atoms with E-state index in [2.05, 4.69) is 31.9 Å². The largest absolute Gasteiger partial charge is 0.317 e. The zero-order chi connectivity index (χ0) is 10.5. The molecule has 0 bridgehead atoms. The maximum absolute atomic E-state index is 4.11. The summed E-state index contributed by atoms with van der Waals surface area (Å²) in [4.78, 5) is 2.45. The monoisotopic (exact) mass is 209 g/mol. The van der Waals surface area contributed by atoms with Crippen LogP contribution in [0.3, 0.4) is 0 Å². The minimum atomic E-state index is 0.951. The van der Waals surface area contributed by atoms with Gasteiger partial charge in [0.1, 0.15) is 12.2 Å². The Kier molecular flexibility index (Phi) is 3.69. The second-order valence-electron chi connectivity index (χ2n) is 3.92. The highest BCUT2D eigenvalue weighted by molar-refractivity contribution is 4.89. The van der Waals surface area contributed by atoms with Gasteiger partial charge in [0, 0.05) is 13.1 Å². The molecule has 0 unspecified atom stereocenters. The van der Waals surface area contributed by atoms with Crippen LogP contribution in [0.1, 0.15) is 19.2 Å². The second-order valence-corrected chi connectivity index (χ2v) is 3.92. The molecular weight excluding hydrogens is 190 g/mol. The standard InChI is InChI=1S/C10H19N5/c1-2-11-4-3-5-14-6-7-15-9-12-13-10(15)8-14/h9,11H,2-8H2,1H3. The lowest BCUT2D eigenvalue weighted by Gasteiger charge is -2.26. The van der Waals surface area contributed by atoms with Crippen molar-refractivity contribution in [1.29, 1.82) is 0 Å². The van der Waals surface area contributed by atoms with Gasteiger partial charge in [-0.1, -0.05) is 6.92 Å². The summed E-state index contributed by atoms with van der Waals surface area (Å²) >= 11 is 0. The Labute approximate surface area is 90.5 Å². The predicted octanol–water partition coefficient (Wildman–Crippen LogP) is 0.0933. The van der Waals surface area contributed by atoms with Crippen LogP contribution in [0.15, 0.2) is 6.33 Å². The second kappa shape index (κ2) is 5.23. The molecule has 84 valence electrons. The van der Waals surface area contributed by atoms with Crippen LogP contribution < -0.4 is 5.32 Å². The molecule has 0 fully saturated rings. The number of nitrogens with one attached hydrogen (secondary N) is 1. The first-order chi connectivity index (χ1) is 7.40. The highest BCUT2D eigenvalue weighted by atomic mass is 15.3. The normalized spacial score (nSPS) is 16.6. The van der Waals surface area contributed by atoms with E-state index in [9.17, 15) is 0 Å². The van der Waals surface area contributed by atoms with Gasteiger partial charge in [-0.3, -0.25) is 4.90 Å². The number of fused-ring (bicyclic) bond motifs is 1. The highest BCUT2D eigenvalue weighted by Gasteiger charge is 2.16. The van der Waals surface area contributed by atoms with Crippen LogP contribution >= 0.6 is 0 Å². The lowest BCUT2D eigenvalue weighted by molar-refractivity contribution is 0.214. The average molecular weight is 209 g/mol. The van der Waals surface area contributed by atoms with Crippen molar-refractivity contribution < 1.29 is 0 Å². The van der Waals surface area contributed by atoms with Gasteiger partial charge in [-0.15, -0.1) is 10.2 Å². The number of hydrogen-bond donors (Lipinski definition) is 1. The van der Waals surface area contributed by atoms with E-state index in [0.717, 1.165) is 45.1 Å². The first-order valence-electron chi connectivity index (χ1n) is 5.70. The molecule has 0 spiro atoms. The molecule has 1 aromatic heterocycles. The van der Waals surface area contributed by atoms with Crippen molar-refractivity contribution in [2.24, 2.45) is 0 Å². The van der Waals surface area contributed by atoms with Gasteiger partial charge >= 0.3 is 0 Å². The van der Waals surface area contributed by atoms with E-state index in [4.69, 9.17) is 0 Å². The summed E-state index contributed by atoms with van der Waals surface area (Å²) in [6.45, 7) is 8.57. The summed E-state index contributed by atoms with van der Waals surface area (Å²) in [5.41, 5.74) is 0. The summed E-state index contributed by atoms with van der Waals surface area (Å²) in [7, 11) is 0. The molecule has 0 aromatic carbocycles. The SMILES string of the molecule is CCNCCCN1CCn2cnnc2C1. The van der Waals surface area contributed by atoms with E-state index in [1.165, 1.54) is 6.42 Å². The van der Waals surface area contributed by atoms with Crippen LogP contribution in [0, 0.1) is 0 Å². The zero-order valence-corrected chi connectivity index (χ0v) is 9.32. The van der Waals surface area contributed by atoms with Gasteiger partial charge in [0.15, 0.2) is 0 Å². The van der Waals surface area contributed by atoms with E-state index in [1.54, 1.807) is 0 Å². The van der Waals surface area contributed by atoms with Crippen molar-refractivity contribution in [2.75, 3.05) is 26.2 Å². The molecule has 1 aliphatic heterocycles. The maximum atomic E-state index is 4.11. The topological polar surface area (TPSA) is 46.0 Å². The molecule has 0 saturated heterocycles. The maximum Gasteiger partial charge on any atom is 0.147 e. The van der Waals surface area contributed by atoms with Gasteiger partial charge in [0.25, 0.3) is 0 Å². The lowest BCUT2D eigenvalue weighted by Crippen LogP contribution is -2.35. The Morgan fingerprint density at radius 1 is 1.47 bits per heavy atom. The van der Waals surface area contributed by atoms with Gasteiger partial charge in [-0.25, -0.2) is 0 Å². The first-order valence-corrected chi connectivity index (χ1v) is 5.70. The summed E-state index contributed by atoms with van der Waals surface area (Å²) in [6.07, 6.45) is 3.04. The number of rotatable bonds is 5. The van der Waals surface area contributed by atoms with Crippen LogP contribution in [0.25, 0.3) is 0 Å². The average Bonchev–Trinajstić information content (AvgIpc) is 2.71. The first kappa shape index (κ1) is 10.6. The molecule has 0 atom stereocenters. The van der Waals surface area contributed by atoms with Crippen molar-refractivity contribution in [3.63, 3.8) is 0 Å². The third kappa shape index (κ3) is 2.76. The molecule has 1 aromatic rings. The summed E-state index contributed by atoms with van der Waals surface area (Å²) in [6, 6.07) is 0. The minimum Gasteiger partial charge on any atom is -0.317 e. The Bertz CT molecular complexity index is 296. The van der Waals surface area contributed by atoms with Crippen molar-refractivity contribution in [1.82, 2.24) is 25.0 Å². The van der Waals surface area contributed by atoms with E-state index in [-0.39, 0.29) is 0 Å². The fourth-order valence-corrected chi connectivity index (χ4v) is 1.91. The Morgan fingerprint density at radius 2 is 2.40 bits per heavy atom. The lowest BCUT2D eigenvalue weighted by atomic mass is 10.3. The van der Waals surface area contributed by atoms with Crippen molar-refractivity contribution >= 4 is 0 Å². The van der Waals surface area contributed by atoms with Gasteiger partial charge in [0.2, 0.25) is 0 Å². The Morgan fingerprint density at radius 3 is 3.27 bits per heavy atom. The fourth-order valence-electron chi connectivity index (χ4n) is 1.91. The van der Waals surface area contributed by atoms with Crippen molar-refractivity contribution in [2.45, 2.75) is 26.4 Å². The van der Waals surface area contributed by atoms with Crippen LogP contribution in [0.5, 0.6) is 0 Å². The van der Waals surface area contributed by atoms with E-state index in [1.807, 2.05) is 6.33 Å². The number of hydrogen-bond acceptors (Lipinski definition) is 4. The van der Waals surface area contributed by atoms with E-state index < -0.39 is 0 Å². The van der Waals surface area contributed by atoms with Crippen LogP contribution in [0.2, 0.25) is 0 Å². The third-order valence-corrected chi connectivity index (χ3v) is 2.80. The summed E-state index contributed by atoms with van der Waals surface area (Å²) < 4.78 is 2.14. The molecule has 1 N–H and O–H groups in total. The molecule has 2 rings (SSSR count). The highest BCUT2D eigenvalue weighted by Crippen LogP contribution is 2.08. The quantitative estimate of drug-likeness (QED) is 0.698. The van der Waals surface area contributed by atoms with Gasteiger partial charge in [0.05, 0.1) is 6.54 Å². The molecule has 15 heavy (non-hydrogen) atoms. The van der Waals surface area contributed by atoms with Gasteiger partial charge in [-0.2, -0.15) is 0 Å². The summed E-state index contributed by atoms with van der Waals surface area (Å²) in [5, 5.41) is 11.4. The van der Waals surface area contributed by atoms with E-state index in [0.29, 0.717) is 0 Å². The minimum absolute atomic E-state index is 0.951. The third-order valence-electron chi connectivity index (χ3n) is 2.80. The number of nitrogens with zero attached hydrogens (tertiary/aromatic N) is 4.